The van der Waals surface area contributed by atoms with Gasteiger partial charge in [0.2, 0.25) is 0 Å². The molecule has 2 heterocycles. The first kappa shape index (κ1) is 20.9. The second-order valence-electron chi connectivity index (χ2n) is 7.82. The minimum atomic E-state index is -4.37. The first-order valence-electron chi connectivity index (χ1n) is 8.79. The van der Waals surface area contributed by atoms with Gasteiger partial charge in [-0.05, 0) is 62.4 Å². The summed E-state index contributed by atoms with van der Waals surface area (Å²) in [6.07, 6.45) is -4.76. The van der Waals surface area contributed by atoms with E-state index in [1.165, 1.54) is 12.1 Å². The Morgan fingerprint density at radius 1 is 1.21 bits per heavy atom. The maximum atomic E-state index is 12.8. The summed E-state index contributed by atoms with van der Waals surface area (Å²) in [5.41, 5.74) is 0.783. The van der Waals surface area contributed by atoms with Crippen LogP contribution in [0.3, 0.4) is 0 Å². The highest BCUT2D eigenvalue weighted by Crippen LogP contribution is 2.34. The zero-order chi connectivity index (χ0) is 20.9. The lowest BCUT2D eigenvalue weighted by atomic mass is 10.1. The molecule has 0 saturated carbocycles. The normalized spacial score (nSPS) is 17.4. The Bertz CT molecular complexity index is 886. The lowest BCUT2D eigenvalue weighted by molar-refractivity contribution is -0.137. The second kappa shape index (κ2) is 7.23. The standard InChI is InChI=1S/C19H21F3IN3O2/c1-11-9-26-14(10-25(11)17(27)28-18(2,3)4)15(23)16(24-26)12-5-7-13(8-6-12)19(20,21)22/h5-8,11H,9-10H2,1-4H3/t11-/m0/s1. The number of alkyl halides is 3. The van der Waals surface area contributed by atoms with Crippen LogP contribution >= 0.6 is 22.6 Å². The number of amides is 1. The van der Waals surface area contributed by atoms with Gasteiger partial charge in [-0.3, -0.25) is 9.58 Å². The molecule has 0 spiro atoms. The topological polar surface area (TPSA) is 47.4 Å². The van der Waals surface area contributed by atoms with Gasteiger partial charge in [0.25, 0.3) is 0 Å². The van der Waals surface area contributed by atoms with Crippen molar-refractivity contribution in [3.05, 3.63) is 39.1 Å². The summed E-state index contributed by atoms with van der Waals surface area (Å²) >= 11 is 2.13. The average molecular weight is 507 g/mol. The Labute approximate surface area is 175 Å². The fraction of sp³-hybridized carbons (Fsp3) is 0.474. The van der Waals surface area contributed by atoms with E-state index in [-0.39, 0.29) is 12.1 Å². The van der Waals surface area contributed by atoms with Crippen LogP contribution in [0.2, 0.25) is 0 Å². The van der Waals surface area contributed by atoms with Gasteiger partial charge in [0.05, 0.1) is 34.0 Å². The molecule has 0 saturated heterocycles. The molecule has 0 fully saturated rings. The van der Waals surface area contributed by atoms with Crippen LogP contribution in [0, 0.1) is 3.57 Å². The van der Waals surface area contributed by atoms with Gasteiger partial charge < -0.3 is 4.74 Å². The smallest absolute Gasteiger partial charge is 0.416 e. The molecule has 3 rings (SSSR count). The monoisotopic (exact) mass is 507 g/mol. The van der Waals surface area contributed by atoms with Crippen LogP contribution in [0.25, 0.3) is 11.3 Å². The number of ether oxygens (including phenoxy) is 1. The Balaban J connectivity index is 1.89. The van der Waals surface area contributed by atoms with Gasteiger partial charge in [-0.1, -0.05) is 12.1 Å². The molecule has 28 heavy (non-hydrogen) atoms. The van der Waals surface area contributed by atoms with Crippen molar-refractivity contribution in [2.24, 2.45) is 0 Å². The van der Waals surface area contributed by atoms with Crippen LogP contribution in [-0.2, 0) is 24.0 Å². The van der Waals surface area contributed by atoms with Gasteiger partial charge in [-0.25, -0.2) is 4.79 Å². The van der Waals surface area contributed by atoms with Crippen LogP contribution in [-0.4, -0.2) is 32.4 Å². The number of fused-ring (bicyclic) bond motifs is 1. The van der Waals surface area contributed by atoms with Gasteiger partial charge in [-0.15, -0.1) is 0 Å². The zero-order valence-electron chi connectivity index (χ0n) is 16.0. The van der Waals surface area contributed by atoms with Gasteiger partial charge in [0.15, 0.2) is 0 Å². The third kappa shape index (κ3) is 4.28. The Morgan fingerprint density at radius 2 is 1.82 bits per heavy atom. The molecule has 0 aliphatic carbocycles. The quantitative estimate of drug-likeness (QED) is 0.492. The number of nitrogens with zero attached hydrogens (tertiary/aromatic N) is 3. The zero-order valence-corrected chi connectivity index (χ0v) is 18.1. The molecular weight excluding hydrogens is 486 g/mol. The van der Waals surface area contributed by atoms with Crippen LogP contribution in [0.4, 0.5) is 18.0 Å². The Kier molecular flexibility index (Phi) is 5.41. The highest BCUT2D eigenvalue weighted by Gasteiger charge is 2.34. The number of benzene rings is 1. The number of hydrogen-bond acceptors (Lipinski definition) is 3. The third-order valence-corrected chi connectivity index (χ3v) is 5.53. The van der Waals surface area contributed by atoms with Crippen molar-refractivity contribution in [2.75, 3.05) is 0 Å². The number of rotatable bonds is 1. The summed E-state index contributed by atoms with van der Waals surface area (Å²) in [6, 6.07) is 4.85. The highest BCUT2D eigenvalue weighted by molar-refractivity contribution is 14.1. The van der Waals surface area contributed by atoms with E-state index in [0.29, 0.717) is 24.3 Å². The first-order valence-corrected chi connectivity index (χ1v) is 9.87. The van der Waals surface area contributed by atoms with Crippen LogP contribution in [0.15, 0.2) is 24.3 Å². The van der Waals surface area contributed by atoms with Crippen LogP contribution in [0.5, 0.6) is 0 Å². The number of hydrogen-bond donors (Lipinski definition) is 0. The van der Waals surface area contributed by atoms with E-state index in [9.17, 15) is 18.0 Å². The molecule has 5 nitrogen and oxygen atoms in total. The molecule has 0 N–H and O–H groups in total. The molecule has 1 atom stereocenters. The average Bonchev–Trinajstić information content (AvgIpc) is 2.87. The predicted octanol–water partition coefficient (Wildman–Crippen LogP) is 5.31. The fourth-order valence-corrected chi connectivity index (χ4v) is 3.88. The molecular formula is C19H21F3IN3O2. The van der Waals surface area contributed by atoms with Crippen molar-refractivity contribution in [1.82, 2.24) is 14.7 Å². The Hall–Kier alpha value is -1.78. The van der Waals surface area contributed by atoms with Gasteiger partial charge in [-0.2, -0.15) is 18.3 Å². The minimum Gasteiger partial charge on any atom is -0.444 e. The number of aromatic nitrogens is 2. The van der Waals surface area contributed by atoms with Crippen LogP contribution < -0.4 is 0 Å². The van der Waals surface area contributed by atoms with E-state index in [1.54, 1.807) is 4.90 Å². The largest absolute Gasteiger partial charge is 0.444 e. The van der Waals surface area contributed by atoms with Gasteiger partial charge >= 0.3 is 12.3 Å². The number of halogens is 4. The molecule has 1 aliphatic heterocycles. The molecule has 0 radical (unpaired) electrons. The van der Waals surface area contributed by atoms with E-state index >= 15 is 0 Å². The summed E-state index contributed by atoms with van der Waals surface area (Å²) < 4.78 is 46.5. The maximum Gasteiger partial charge on any atom is 0.416 e. The molecule has 1 aliphatic rings. The summed E-state index contributed by atoms with van der Waals surface area (Å²) in [5, 5.41) is 4.58. The van der Waals surface area contributed by atoms with Crippen molar-refractivity contribution < 1.29 is 22.7 Å². The fourth-order valence-electron chi connectivity index (χ4n) is 3.01. The third-order valence-electron chi connectivity index (χ3n) is 4.40. The SMILES string of the molecule is C[C@H]1Cn2nc(-c3ccc(C(F)(F)F)cc3)c(I)c2CN1C(=O)OC(C)(C)C. The summed E-state index contributed by atoms with van der Waals surface area (Å²) in [6.45, 7) is 8.19. The lowest BCUT2D eigenvalue weighted by Crippen LogP contribution is -2.47. The van der Waals surface area contributed by atoms with Crippen molar-refractivity contribution in [3.8, 4) is 11.3 Å². The molecule has 2 aromatic rings. The van der Waals surface area contributed by atoms with E-state index in [4.69, 9.17) is 4.74 Å². The molecule has 152 valence electrons. The van der Waals surface area contributed by atoms with E-state index in [1.807, 2.05) is 32.4 Å². The van der Waals surface area contributed by atoms with Crippen LogP contribution in [0.1, 0.15) is 39.0 Å². The maximum absolute atomic E-state index is 12.8. The molecule has 1 amide bonds. The van der Waals surface area contributed by atoms with E-state index in [2.05, 4.69) is 27.7 Å². The summed E-state index contributed by atoms with van der Waals surface area (Å²) in [7, 11) is 0. The molecule has 0 bridgehead atoms. The molecule has 1 aromatic carbocycles. The minimum absolute atomic E-state index is 0.112. The molecule has 0 unspecified atom stereocenters. The van der Waals surface area contributed by atoms with Crippen molar-refractivity contribution in [3.63, 3.8) is 0 Å². The second-order valence-corrected chi connectivity index (χ2v) is 8.90. The summed E-state index contributed by atoms with van der Waals surface area (Å²) in [4.78, 5) is 14.2. The van der Waals surface area contributed by atoms with E-state index in [0.717, 1.165) is 21.4 Å². The molecule has 1 aromatic heterocycles. The highest BCUT2D eigenvalue weighted by atomic mass is 127. The summed E-state index contributed by atoms with van der Waals surface area (Å²) in [5.74, 6) is 0. The number of carbonyl (C=O) groups excluding carboxylic acids is 1. The first-order chi connectivity index (χ1) is 12.9. The predicted molar refractivity (Wildman–Crippen MR) is 107 cm³/mol. The van der Waals surface area contributed by atoms with E-state index < -0.39 is 17.3 Å². The van der Waals surface area contributed by atoms with Gasteiger partial charge in [0.1, 0.15) is 11.3 Å². The van der Waals surface area contributed by atoms with Gasteiger partial charge in [0, 0.05) is 5.56 Å². The Morgan fingerprint density at radius 3 is 2.36 bits per heavy atom. The molecule has 9 heteroatoms. The van der Waals surface area contributed by atoms with Crippen molar-refractivity contribution >= 4 is 28.7 Å². The van der Waals surface area contributed by atoms with Crippen molar-refractivity contribution in [2.45, 2.75) is 58.6 Å². The van der Waals surface area contributed by atoms with Crippen molar-refractivity contribution in [1.29, 1.82) is 0 Å². The number of carbonyl (C=O) groups is 1. The lowest BCUT2D eigenvalue weighted by Gasteiger charge is -2.35.